The van der Waals surface area contributed by atoms with Crippen LogP contribution in [-0.4, -0.2) is 48.4 Å². The molecule has 80 valence electrons. The van der Waals surface area contributed by atoms with Gasteiger partial charge < -0.3 is 5.32 Å². The Morgan fingerprint density at radius 3 is 2.57 bits per heavy atom. The molecule has 1 rings (SSSR count). The molecule has 1 atom stereocenters. The Kier molecular flexibility index (Phi) is 2.90. The molecule has 0 amide bonds. The van der Waals surface area contributed by atoms with E-state index in [1.165, 1.54) is 20.4 Å². The molecule has 0 saturated carbocycles. The number of guanidine groups is 1. The highest BCUT2D eigenvalue weighted by molar-refractivity contribution is 8.01. The third-order valence-electron chi connectivity index (χ3n) is 1.55. The minimum absolute atomic E-state index is 0.102. The summed E-state index contributed by atoms with van der Waals surface area (Å²) in [5.41, 5.74) is 0. The van der Waals surface area contributed by atoms with Crippen LogP contribution >= 0.6 is 0 Å². The summed E-state index contributed by atoms with van der Waals surface area (Å²) in [4.78, 5) is 3.69. The van der Waals surface area contributed by atoms with Crippen LogP contribution < -0.4 is 5.32 Å². The van der Waals surface area contributed by atoms with Crippen LogP contribution in [0.15, 0.2) is 9.39 Å². The average Bonchev–Trinajstić information content (AvgIpc) is 2.09. The van der Waals surface area contributed by atoms with Crippen LogP contribution in [0.4, 0.5) is 0 Å². The van der Waals surface area contributed by atoms with Crippen molar-refractivity contribution in [2.45, 2.75) is 0 Å². The van der Waals surface area contributed by atoms with Gasteiger partial charge in [-0.2, -0.15) is 8.42 Å². The van der Waals surface area contributed by atoms with Crippen LogP contribution in [0.5, 0.6) is 0 Å². The van der Waals surface area contributed by atoms with Crippen molar-refractivity contribution >= 4 is 32.1 Å². The summed E-state index contributed by atoms with van der Waals surface area (Å²) in [5, 5.41) is 2.45. The monoisotopic (exact) mass is 238 g/mol. The van der Waals surface area contributed by atoms with Crippen molar-refractivity contribution in [3.05, 3.63) is 0 Å². The number of amidine groups is 1. The zero-order valence-corrected chi connectivity index (χ0v) is 9.52. The number of aliphatic imine (C=N–C) groups is 1. The Morgan fingerprint density at radius 1 is 1.57 bits per heavy atom. The van der Waals surface area contributed by atoms with Crippen molar-refractivity contribution < 1.29 is 12.6 Å². The average molecular weight is 238 g/mol. The van der Waals surface area contributed by atoms with Gasteiger partial charge in [-0.15, -0.1) is 4.40 Å². The van der Waals surface area contributed by atoms with Crippen molar-refractivity contribution in [1.82, 2.24) is 9.62 Å². The van der Waals surface area contributed by atoms with E-state index < -0.39 is 21.0 Å². The van der Waals surface area contributed by atoms with E-state index in [2.05, 4.69) is 14.7 Å². The van der Waals surface area contributed by atoms with Crippen LogP contribution in [0.3, 0.4) is 0 Å². The van der Waals surface area contributed by atoms with E-state index in [9.17, 15) is 12.6 Å². The number of rotatable bonds is 0. The van der Waals surface area contributed by atoms with E-state index in [1.807, 2.05) is 0 Å². The Labute approximate surface area is 84.6 Å². The highest BCUT2D eigenvalue weighted by Gasteiger charge is 2.28. The maximum absolute atomic E-state index is 11.3. The maximum Gasteiger partial charge on any atom is 0.349 e. The first kappa shape index (κ1) is 11.1. The van der Waals surface area contributed by atoms with Gasteiger partial charge >= 0.3 is 10.2 Å². The van der Waals surface area contributed by atoms with Gasteiger partial charge in [-0.05, 0) is 0 Å². The lowest BCUT2D eigenvalue weighted by Crippen LogP contribution is -2.50. The highest BCUT2D eigenvalue weighted by atomic mass is 32.2. The lowest BCUT2D eigenvalue weighted by molar-refractivity contribution is 0.548. The third kappa shape index (κ3) is 1.93. The molecule has 1 aliphatic heterocycles. The van der Waals surface area contributed by atoms with Crippen LogP contribution in [0.1, 0.15) is 0 Å². The van der Waals surface area contributed by atoms with E-state index >= 15 is 0 Å². The quantitative estimate of drug-likeness (QED) is 0.555. The Morgan fingerprint density at radius 2 is 2.14 bits per heavy atom. The molecule has 0 aromatic rings. The Hall–Kier alpha value is -0.960. The van der Waals surface area contributed by atoms with Gasteiger partial charge in [-0.25, -0.2) is 4.31 Å². The maximum atomic E-state index is 11.3. The van der Waals surface area contributed by atoms with Crippen LogP contribution in [0.2, 0.25) is 0 Å². The second-order valence-corrected chi connectivity index (χ2v) is 5.39. The van der Waals surface area contributed by atoms with E-state index in [-0.39, 0.29) is 11.1 Å². The second-order valence-electron chi connectivity index (χ2n) is 2.47. The van der Waals surface area contributed by atoms with E-state index in [4.69, 9.17) is 0 Å². The van der Waals surface area contributed by atoms with Gasteiger partial charge in [-0.3, -0.25) is 9.20 Å². The smallest absolute Gasteiger partial charge is 0.302 e. The minimum Gasteiger partial charge on any atom is -0.302 e. The first-order valence-electron chi connectivity index (χ1n) is 3.54. The van der Waals surface area contributed by atoms with Crippen LogP contribution in [-0.2, 0) is 21.0 Å². The molecule has 0 spiro atoms. The van der Waals surface area contributed by atoms with Crippen LogP contribution in [0, 0.1) is 0 Å². The molecule has 0 saturated heterocycles. The van der Waals surface area contributed by atoms with Gasteiger partial charge in [0.2, 0.25) is 11.1 Å². The summed E-state index contributed by atoms with van der Waals surface area (Å²) >= 11 is 0. The van der Waals surface area contributed by atoms with E-state index in [0.717, 1.165) is 4.31 Å². The standard InChI is InChI=1S/C5H10N4O3S2/c1-6-4-7-5(13(3)10)8-14(11,12)9(4)2/h1-3H3,(H,6,7,8). The predicted molar refractivity (Wildman–Crippen MR) is 54.7 cm³/mol. The molecule has 1 aliphatic rings. The Balaban J connectivity index is 3.26. The summed E-state index contributed by atoms with van der Waals surface area (Å²) in [6, 6.07) is 0. The SMILES string of the molecule is CN=C1NC(S(C)=O)=NS(=O)(=O)N1C. The number of nitrogens with zero attached hydrogens (tertiary/aromatic N) is 3. The normalized spacial score (nSPS) is 25.5. The Bertz CT molecular complexity index is 424. The fourth-order valence-corrected chi connectivity index (χ4v) is 2.45. The van der Waals surface area contributed by atoms with Gasteiger partial charge in [0.25, 0.3) is 0 Å². The summed E-state index contributed by atoms with van der Waals surface area (Å²) in [6.45, 7) is 0. The van der Waals surface area contributed by atoms with Crippen molar-refractivity contribution in [3.8, 4) is 0 Å². The fourth-order valence-electron chi connectivity index (χ4n) is 0.794. The summed E-state index contributed by atoms with van der Waals surface area (Å²) < 4.78 is 37.9. The van der Waals surface area contributed by atoms with E-state index in [1.54, 1.807) is 0 Å². The van der Waals surface area contributed by atoms with Gasteiger partial charge in [0, 0.05) is 20.4 Å². The number of hydrogen-bond donors (Lipinski definition) is 1. The molecule has 0 aliphatic carbocycles. The molecule has 1 N–H and O–H groups in total. The zero-order chi connectivity index (χ0) is 10.9. The van der Waals surface area contributed by atoms with Gasteiger partial charge in [0.05, 0.1) is 10.8 Å². The molecule has 1 unspecified atom stereocenters. The molecule has 0 bridgehead atoms. The van der Waals surface area contributed by atoms with Crippen LogP contribution in [0.25, 0.3) is 0 Å². The lowest BCUT2D eigenvalue weighted by atomic mass is 10.9. The summed E-state index contributed by atoms with van der Waals surface area (Å²) in [6.07, 6.45) is 1.33. The lowest BCUT2D eigenvalue weighted by Gasteiger charge is -2.23. The molecule has 14 heavy (non-hydrogen) atoms. The van der Waals surface area contributed by atoms with Gasteiger partial charge in [-0.1, -0.05) is 0 Å². The molecule has 7 nitrogen and oxygen atoms in total. The molecule has 1 heterocycles. The minimum atomic E-state index is -3.78. The second kappa shape index (κ2) is 3.65. The number of nitrogens with one attached hydrogen (secondary N) is 1. The predicted octanol–water partition coefficient (Wildman–Crippen LogP) is -1.51. The van der Waals surface area contributed by atoms with E-state index in [0.29, 0.717) is 0 Å². The largest absolute Gasteiger partial charge is 0.349 e. The summed E-state index contributed by atoms with van der Waals surface area (Å²) in [5.74, 6) is 0.102. The van der Waals surface area contributed by atoms with Crippen molar-refractivity contribution in [2.75, 3.05) is 20.4 Å². The molecule has 0 fully saturated rings. The number of hydrogen-bond acceptors (Lipinski definition) is 4. The molecule has 0 radical (unpaired) electrons. The summed E-state index contributed by atoms with van der Waals surface area (Å²) in [7, 11) is -2.53. The third-order valence-corrected chi connectivity index (χ3v) is 3.68. The molecule has 0 aromatic heterocycles. The van der Waals surface area contributed by atoms with Gasteiger partial charge in [0.1, 0.15) is 0 Å². The molecule has 0 aromatic carbocycles. The molecular weight excluding hydrogens is 228 g/mol. The first-order valence-corrected chi connectivity index (χ1v) is 6.50. The first-order chi connectivity index (χ1) is 6.38. The van der Waals surface area contributed by atoms with Crippen molar-refractivity contribution in [1.29, 1.82) is 0 Å². The van der Waals surface area contributed by atoms with Crippen molar-refractivity contribution in [3.63, 3.8) is 0 Å². The molecular formula is C5H10N4O3S2. The van der Waals surface area contributed by atoms with Crippen molar-refractivity contribution in [2.24, 2.45) is 9.39 Å². The highest BCUT2D eigenvalue weighted by Crippen LogP contribution is 2.06. The fraction of sp³-hybridized carbons (Fsp3) is 0.600. The topological polar surface area (TPSA) is 91.2 Å². The van der Waals surface area contributed by atoms with Gasteiger partial charge in [0.15, 0.2) is 0 Å². The zero-order valence-electron chi connectivity index (χ0n) is 7.88. The molecule has 9 heteroatoms.